The number of piperidine rings is 1. The number of nitrogens with one attached hydrogen (secondary N) is 1. The molecule has 0 aromatic carbocycles. The Morgan fingerprint density at radius 2 is 1.97 bits per heavy atom. The minimum atomic E-state index is -3.55. The molecule has 0 spiro atoms. The summed E-state index contributed by atoms with van der Waals surface area (Å²) >= 11 is 0. The number of sulfonamides is 1. The molecule has 0 atom stereocenters. The second-order valence-electron chi connectivity index (χ2n) is 8.77. The van der Waals surface area contributed by atoms with Crippen molar-refractivity contribution in [2.24, 2.45) is 5.92 Å². The molecule has 7 nitrogen and oxygen atoms in total. The molecule has 1 saturated heterocycles. The molecule has 1 aromatic rings. The molecule has 0 radical (unpaired) electrons. The number of nitrogens with zero attached hydrogens (tertiary/aromatic N) is 3. The number of amides is 1. The quantitative estimate of drug-likeness (QED) is 0.634. The molecule has 30 heavy (non-hydrogen) atoms. The zero-order valence-electron chi connectivity index (χ0n) is 18.6. The van der Waals surface area contributed by atoms with E-state index in [1.54, 1.807) is 22.8 Å². The van der Waals surface area contributed by atoms with E-state index in [-0.39, 0.29) is 5.91 Å². The van der Waals surface area contributed by atoms with Gasteiger partial charge in [0.25, 0.3) is 0 Å². The van der Waals surface area contributed by atoms with Crippen molar-refractivity contribution in [3.05, 3.63) is 23.0 Å². The fourth-order valence-electron chi connectivity index (χ4n) is 4.42. The topological polar surface area (TPSA) is 84.3 Å². The summed E-state index contributed by atoms with van der Waals surface area (Å²) in [5.41, 5.74) is 2.57. The van der Waals surface area contributed by atoms with Gasteiger partial charge in [-0.15, -0.1) is 0 Å². The van der Waals surface area contributed by atoms with Crippen LogP contribution in [0.2, 0.25) is 0 Å². The van der Waals surface area contributed by atoms with Crippen LogP contribution in [-0.4, -0.2) is 48.0 Å². The average molecular weight is 437 g/mol. The molecular weight excluding hydrogens is 400 g/mol. The van der Waals surface area contributed by atoms with E-state index in [0.29, 0.717) is 54.8 Å². The maximum absolute atomic E-state index is 13.2. The van der Waals surface area contributed by atoms with Gasteiger partial charge in [-0.1, -0.05) is 18.6 Å². The van der Waals surface area contributed by atoms with E-state index in [1.807, 2.05) is 0 Å². The Morgan fingerprint density at radius 3 is 2.63 bits per heavy atom. The highest BCUT2D eigenvalue weighted by Gasteiger charge is 2.32. The standard InChI is InChI=1S/C22H36N4O3S/c1-17-10-14-25(15-11-17)30(28,29)22-18(2)24-26(19(22)3)16-12-21(27)23-13-9-20-7-5-4-6-8-20/h7,17H,4-6,8-16H2,1-3H3,(H,23,27). The lowest BCUT2D eigenvalue weighted by Crippen LogP contribution is -2.38. The second kappa shape index (κ2) is 10.1. The summed E-state index contributed by atoms with van der Waals surface area (Å²) in [6.45, 7) is 7.85. The minimum absolute atomic E-state index is 0.0200. The number of aryl methyl sites for hydroxylation is 2. The van der Waals surface area contributed by atoms with E-state index >= 15 is 0 Å². The van der Waals surface area contributed by atoms with Crippen LogP contribution in [0.3, 0.4) is 0 Å². The van der Waals surface area contributed by atoms with Crippen molar-refractivity contribution in [3.8, 4) is 0 Å². The van der Waals surface area contributed by atoms with Gasteiger partial charge >= 0.3 is 0 Å². The molecule has 1 fully saturated rings. The van der Waals surface area contributed by atoms with Gasteiger partial charge in [-0.2, -0.15) is 9.40 Å². The maximum atomic E-state index is 13.2. The van der Waals surface area contributed by atoms with Gasteiger partial charge in [-0.3, -0.25) is 9.48 Å². The van der Waals surface area contributed by atoms with Crippen molar-refractivity contribution in [3.63, 3.8) is 0 Å². The van der Waals surface area contributed by atoms with Gasteiger partial charge in [-0.05, 0) is 64.7 Å². The monoisotopic (exact) mass is 436 g/mol. The van der Waals surface area contributed by atoms with Crippen molar-refractivity contribution in [1.82, 2.24) is 19.4 Å². The zero-order chi connectivity index (χ0) is 21.7. The van der Waals surface area contributed by atoms with Gasteiger partial charge in [0.15, 0.2) is 0 Å². The fraction of sp³-hybridized carbons (Fsp3) is 0.727. The number of hydrogen-bond acceptors (Lipinski definition) is 4. The highest BCUT2D eigenvalue weighted by molar-refractivity contribution is 7.89. The number of hydrogen-bond donors (Lipinski definition) is 1. The van der Waals surface area contributed by atoms with E-state index in [2.05, 4.69) is 23.4 Å². The first kappa shape index (κ1) is 23.0. The molecule has 1 amide bonds. The Balaban J connectivity index is 1.56. The lowest BCUT2D eigenvalue weighted by molar-refractivity contribution is -0.121. The number of carbonyl (C=O) groups is 1. The van der Waals surface area contributed by atoms with E-state index in [4.69, 9.17) is 0 Å². The summed E-state index contributed by atoms with van der Waals surface area (Å²) in [6.07, 6.45) is 10.1. The van der Waals surface area contributed by atoms with Crippen LogP contribution < -0.4 is 5.32 Å². The van der Waals surface area contributed by atoms with Gasteiger partial charge < -0.3 is 5.32 Å². The Kier molecular flexibility index (Phi) is 7.74. The summed E-state index contributed by atoms with van der Waals surface area (Å²) in [6, 6.07) is 0. The Bertz CT molecular complexity index is 880. The average Bonchev–Trinajstić information content (AvgIpc) is 3.01. The number of rotatable bonds is 8. The lowest BCUT2D eigenvalue weighted by Gasteiger charge is -2.29. The summed E-state index contributed by atoms with van der Waals surface area (Å²) in [5.74, 6) is 0.544. The first-order chi connectivity index (χ1) is 14.3. The predicted molar refractivity (Wildman–Crippen MR) is 118 cm³/mol. The zero-order valence-corrected chi connectivity index (χ0v) is 19.4. The van der Waals surface area contributed by atoms with Crippen molar-refractivity contribution in [2.45, 2.75) is 83.6 Å². The Morgan fingerprint density at radius 1 is 1.23 bits per heavy atom. The SMILES string of the molecule is Cc1nn(CCC(=O)NCCC2=CCCCC2)c(C)c1S(=O)(=O)N1CCC(C)CC1. The predicted octanol–water partition coefficient (Wildman–Crippen LogP) is 3.32. The number of aromatic nitrogens is 2. The smallest absolute Gasteiger partial charge is 0.246 e. The summed E-state index contributed by atoms with van der Waals surface area (Å²) in [5, 5.41) is 7.41. The van der Waals surface area contributed by atoms with Crippen molar-refractivity contribution in [1.29, 1.82) is 0 Å². The molecule has 168 valence electrons. The van der Waals surface area contributed by atoms with Crippen LogP contribution >= 0.6 is 0 Å². The molecule has 1 aliphatic heterocycles. The van der Waals surface area contributed by atoms with Crippen molar-refractivity contribution < 1.29 is 13.2 Å². The van der Waals surface area contributed by atoms with Crippen LogP contribution in [0.5, 0.6) is 0 Å². The number of carbonyl (C=O) groups excluding carboxylic acids is 1. The molecule has 2 heterocycles. The fourth-order valence-corrected chi connectivity index (χ4v) is 6.26. The van der Waals surface area contributed by atoms with Crippen LogP contribution in [0.15, 0.2) is 16.5 Å². The van der Waals surface area contributed by atoms with E-state index < -0.39 is 10.0 Å². The highest BCUT2D eigenvalue weighted by Crippen LogP contribution is 2.27. The van der Waals surface area contributed by atoms with Gasteiger partial charge in [0.05, 0.1) is 17.9 Å². The highest BCUT2D eigenvalue weighted by atomic mass is 32.2. The minimum Gasteiger partial charge on any atom is -0.356 e. The van der Waals surface area contributed by atoms with Crippen LogP contribution in [0, 0.1) is 19.8 Å². The van der Waals surface area contributed by atoms with Gasteiger partial charge in [-0.25, -0.2) is 8.42 Å². The molecule has 2 aliphatic rings. The molecule has 0 saturated carbocycles. The van der Waals surface area contributed by atoms with Crippen LogP contribution in [-0.2, 0) is 21.4 Å². The van der Waals surface area contributed by atoms with Gasteiger partial charge in [0, 0.05) is 26.1 Å². The summed E-state index contributed by atoms with van der Waals surface area (Å²) in [7, 11) is -3.55. The molecule has 0 bridgehead atoms. The molecule has 3 rings (SSSR count). The third kappa shape index (κ3) is 5.52. The largest absolute Gasteiger partial charge is 0.356 e. The third-order valence-electron chi connectivity index (χ3n) is 6.36. The first-order valence-corrected chi connectivity index (χ1v) is 12.7. The van der Waals surface area contributed by atoms with Crippen molar-refractivity contribution >= 4 is 15.9 Å². The lowest BCUT2D eigenvalue weighted by atomic mass is 9.97. The van der Waals surface area contributed by atoms with Gasteiger partial charge in [0.1, 0.15) is 4.90 Å². The third-order valence-corrected chi connectivity index (χ3v) is 8.51. The van der Waals surface area contributed by atoms with Crippen molar-refractivity contribution in [2.75, 3.05) is 19.6 Å². The molecule has 1 N–H and O–H groups in total. The number of allylic oxidation sites excluding steroid dienone is 1. The Hall–Kier alpha value is -1.67. The van der Waals surface area contributed by atoms with Crippen LogP contribution in [0.25, 0.3) is 0 Å². The molecule has 0 unspecified atom stereocenters. The summed E-state index contributed by atoms with van der Waals surface area (Å²) < 4.78 is 29.6. The van der Waals surface area contributed by atoms with E-state index in [9.17, 15) is 13.2 Å². The van der Waals surface area contributed by atoms with Crippen LogP contribution in [0.1, 0.15) is 69.7 Å². The molecule has 1 aromatic heterocycles. The second-order valence-corrected chi connectivity index (χ2v) is 10.6. The Labute approximate surface area is 181 Å². The van der Waals surface area contributed by atoms with Crippen LogP contribution in [0.4, 0.5) is 0 Å². The van der Waals surface area contributed by atoms with E-state index in [0.717, 1.165) is 32.1 Å². The van der Waals surface area contributed by atoms with E-state index in [1.165, 1.54) is 18.4 Å². The molecular formula is C22H36N4O3S. The maximum Gasteiger partial charge on any atom is 0.246 e. The summed E-state index contributed by atoms with van der Waals surface area (Å²) in [4.78, 5) is 12.5. The first-order valence-electron chi connectivity index (χ1n) is 11.3. The molecule has 8 heteroatoms. The van der Waals surface area contributed by atoms with Gasteiger partial charge in [0.2, 0.25) is 15.9 Å². The normalized spacial score (nSPS) is 19.0. The molecule has 1 aliphatic carbocycles.